The van der Waals surface area contributed by atoms with Gasteiger partial charge in [0.15, 0.2) is 0 Å². The predicted molar refractivity (Wildman–Crippen MR) is 59.2 cm³/mol. The maximum Gasteiger partial charge on any atom is 0.0398 e. The summed E-state index contributed by atoms with van der Waals surface area (Å²) in [5.74, 6) is 0.507. The molecule has 2 nitrogen and oxygen atoms in total. The molecule has 0 spiro atoms. The van der Waals surface area contributed by atoms with Gasteiger partial charge in [0.05, 0.1) is 0 Å². The van der Waals surface area contributed by atoms with Gasteiger partial charge in [-0.25, -0.2) is 0 Å². The van der Waals surface area contributed by atoms with Gasteiger partial charge in [0.25, 0.3) is 0 Å². The maximum absolute atomic E-state index is 3.97. The zero-order chi connectivity index (χ0) is 9.64. The third-order valence-corrected chi connectivity index (χ3v) is 2.01. The molecular weight excluding hydrogens is 172 g/mol. The smallest absolute Gasteiger partial charge is 0.0398 e. The van der Waals surface area contributed by atoms with Gasteiger partial charge >= 0.3 is 0 Å². The molecule has 2 aliphatic rings. The van der Waals surface area contributed by atoms with Crippen LogP contribution in [0.5, 0.6) is 0 Å². The molecular formula is C12H11N2. The van der Waals surface area contributed by atoms with E-state index in [4.69, 9.17) is 0 Å². The molecule has 69 valence electrons. The highest BCUT2D eigenvalue weighted by Crippen LogP contribution is 2.06. The molecule has 2 heteroatoms. The van der Waals surface area contributed by atoms with Crippen LogP contribution in [0.1, 0.15) is 0 Å². The van der Waals surface area contributed by atoms with Gasteiger partial charge in [-0.3, -0.25) is 0 Å². The van der Waals surface area contributed by atoms with E-state index < -0.39 is 0 Å². The molecule has 0 heterocycles. The first-order chi connectivity index (χ1) is 6.95. The lowest BCUT2D eigenvalue weighted by Crippen LogP contribution is -1.91. The molecule has 0 saturated carbocycles. The Hall–Kier alpha value is -1.70. The van der Waals surface area contributed by atoms with E-state index in [-0.39, 0.29) is 5.92 Å². The zero-order valence-electron chi connectivity index (χ0n) is 7.75. The van der Waals surface area contributed by atoms with Crippen LogP contribution in [-0.4, -0.2) is 12.4 Å². The first-order valence-corrected chi connectivity index (χ1v) is 4.63. The van der Waals surface area contributed by atoms with Crippen molar-refractivity contribution in [3.05, 3.63) is 48.6 Å². The van der Waals surface area contributed by atoms with Crippen molar-refractivity contribution in [3.8, 4) is 0 Å². The van der Waals surface area contributed by atoms with Crippen molar-refractivity contribution < 1.29 is 0 Å². The summed E-state index contributed by atoms with van der Waals surface area (Å²) in [4.78, 5) is 0. The Labute approximate surface area is 83.7 Å². The van der Waals surface area contributed by atoms with Crippen LogP contribution >= 0.6 is 0 Å². The summed E-state index contributed by atoms with van der Waals surface area (Å²) in [6.45, 7) is 0. The van der Waals surface area contributed by atoms with Crippen molar-refractivity contribution in [2.75, 3.05) is 0 Å². The molecule has 0 aliphatic heterocycles. The van der Waals surface area contributed by atoms with Gasteiger partial charge in [-0.05, 0) is 6.08 Å². The van der Waals surface area contributed by atoms with E-state index in [9.17, 15) is 0 Å². The maximum atomic E-state index is 3.97. The van der Waals surface area contributed by atoms with Gasteiger partial charge in [-0.1, -0.05) is 42.5 Å². The quantitative estimate of drug-likeness (QED) is 0.474. The van der Waals surface area contributed by atoms with Crippen LogP contribution in [0.25, 0.3) is 0 Å². The summed E-state index contributed by atoms with van der Waals surface area (Å²) < 4.78 is 0. The second-order valence-corrected chi connectivity index (χ2v) is 3.12. The molecule has 1 atom stereocenters. The third-order valence-electron chi connectivity index (χ3n) is 2.01. The van der Waals surface area contributed by atoms with Crippen molar-refractivity contribution >= 4 is 12.4 Å². The summed E-state index contributed by atoms with van der Waals surface area (Å²) in [6.07, 6.45) is 20.7. The minimum absolute atomic E-state index is 0.196. The fraction of sp³-hybridized carbons (Fsp3) is 0.167. The number of hydrogen-bond acceptors (Lipinski definition) is 2. The molecule has 0 saturated heterocycles. The summed E-state index contributed by atoms with van der Waals surface area (Å²) in [5.41, 5.74) is 0. The van der Waals surface area contributed by atoms with Gasteiger partial charge < -0.3 is 0 Å². The molecule has 2 rings (SSSR count). The summed E-state index contributed by atoms with van der Waals surface area (Å²) in [5, 5.41) is 7.93. The largest absolute Gasteiger partial charge is 0.163 e. The molecule has 0 amide bonds. The standard InChI is InChI=1S/C12H11N2/c1-2-6-11(5-1)9-13-14-10-12-7-3-4-8-12/h1-7,9-12H/b13-9-,14-10-. The van der Waals surface area contributed by atoms with Crippen molar-refractivity contribution in [1.82, 2.24) is 0 Å². The first-order valence-electron chi connectivity index (χ1n) is 4.63. The normalized spacial score (nSPS) is 21.4. The van der Waals surface area contributed by atoms with Crippen molar-refractivity contribution in [1.29, 1.82) is 0 Å². The van der Waals surface area contributed by atoms with E-state index >= 15 is 0 Å². The van der Waals surface area contributed by atoms with Crippen molar-refractivity contribution in [3.63, 3.8) is 0 Å². The Kier molecular flexibility index (Phi) is 2.86. The Balaban J connectivity index is 1.81. The molecule has 0 N–H and O–H groups in total. The van der Waals surface area contributed by atoms with E-state index in [1.807, 2.05) is 36.6 Å². The monoisotopic (exact) mass is 183 g/mol. The van der Waals surface area contributed by atoms with Gasteiger partial charge in [0, 0.05) is 24.3 Å². The lowest BCUT2D eigenvalue weighted by atomic mass is 10.2. The van der Waals surface area contributed by atoms with Gasteiger partial charge in [0.2, 0.25) is 0 Å². The highest BCUT2D eigenvalue weighted by atomic mass is 15.2. The van der Waals surface area contributed by atoms with E-state index in [1.54, 1.807) is 6.21 Å². The second-order valence-electron chi connectivity index (χ2n) is 3.12. The highest BCUT2D eigenvalue weighted by molar-refractivity contribution is 5.70. The first kappa shape index (κ1) is 8.88. The van der Waals surface area contributed by atoms with Crippen molar-refractivity contribution in [2.24, 2.45) is 22.0 Å². The molecule has 1 unspecified atom stereocenters. The average molecular weight is 183 g/mol. The van der Waals surface area contributed by atoms with Crippen LogP contribution < -0.4 is 0 Å². The van der Waals surface area contributed by atoms with E-state index in [0.717, 1.165) is 0 Å². The van der Waals surface area contributed by atoms with Crippen LogP contribution in [0, 0.1) is 17.9 Å². The lowest BCUT2D eigenvalue weighted by molar-refractivity contribution is 1.10. The fourth-order valence-corrected chi connectivity index (χ4v) is 1.26. The zero-order valence-corrected chi connectivity index (χ0v) is 7.75. The number of nitrogens with zero attached hydrogens (tertiary/aromatic N) is 2. The summed E-state index contributed by atoms with van der Waals surface area (Å²) in [7, 11) is 0. The summed E-state index contributed by atoms with van der Waals surface area (Å²) in [6, 6.07) is 0. The van der Waals surface area contributed by atoms with Gasteiger partial charge in [0.1, 0.15) is 0 Å². The Morgan fingerprint density at radius 1 is 0.929 bits per heavy atom. The van der Waals surface area contributed by atoms with Crippen LogP contribution in [0.4, 0.5) is 0 Å². The molecule has 0 aromatic heterocycles. The van der Waals surface area contributed by atoms with Crippen LogP contribution in [0.2, 0.25) is 0 Å². The third kappa shape index (κ3) is 2.39. The molecule has 2 aliphatic carbocycles. The lowest BCUT2D eigenvalue weighted by Gasteiger charge is -1.92. The van der Waals surface area contributed by atoms with Gasteiger partial charge in [-0.15, -0.1) is 0 Å². The van der Waals surface area contributed by atoms with E-state index in [2.05, 4.69) is 28.4 Å². The van der Waals surface area contributed by atoms with E-state index in [1.165, 1.54) is 0 Å². The average Bonchev–Trinajstić information content (AvgIpc) is 2.86. The fourth-order valence-electron chi connectivity index (χ4n) is 1.26. The van der Waals surface area contributed by atoms with Crippen LogP contribution in [0.15, 0.2) is 52.7 Å². The predicted octanol–water partition coefficient (Wildman–Crippen LogP) is 2.33. The Morgan fingerprint density at radius 2 is 1.71 bits per heavy atom. The van der Waals surface area contributed by atoms with E-state index in [0.29, 0.717) is 5.92 Å². The van der Waals surface area contributed by atoms with Crippen LogP contribution in [0.3, 0.4) is 0 Å². The molecule has 0 aromatic rings. The molecule has 0 fully saturated rings. The number of allylic oxidation sites excluding steroid dienone is 8. The molecule has 1 radical (unpaired) electrons. The topological polar surface area (TPSA) is 24.7 Å². The minimum atomic E-state index is 0.196. The van der Waals surface area contributed by atoms with Gasteiger partial charge in [-0.2, -0.15) is 10.2 Å². The second kappa shape index (κ2) is 4.51. The van der Waals surface area contributed by atoms with Crippen molar-refractivity contribution in [2.45, 2.75) is 0 Å². The summed E-state index contributed by atoms with van der Waals surface area (Å²) >= 11 is 0. The Morgan fingerprint density at radius 3 is 2.43 bits per heavy atom. The molecule has 0 bridgehead atoms. The number of hydrogen-bond donors (Lipinski definition) is 0. The molecule has 14 heavy (non-hydrogen) atoms. The SMILES string of the molecule is [C]1=CC=CC1/C=N\N=C/C1C=CC=C1. The highest BCUT2D eigenvalue weighted by Gasteiger charge is 1.99. The van der Waals surface area contributed by atoms with Crippen LogP contribution in [-0.2, 0) is 0 Å². The minimum Gasteiger partial charge on any atom is -0.163 e. The Bertz CT molecular complexity index is 297. The molecule has 0 aromatic carbocycles. The number of rotatable bonds is 3.